The van der Waals surface area contributed by atoms with Crippen molar-refractivity contribution in [2.24, 2.45) is 17.8 Å². The Morgan fingerprint density at radius 1 is 1.19 bits per heavy atom. The molecule has 0 N–H and O–H groups in total. The minimum absolute atomic E-state index is 0.0144. The van der Waals surface area contributed by atoms with Gasteiger partial charge in [0.05, 0.1) is 25.3 Å². The van der Waals surface area contributed by atoms with Crippen molar-refractivity contribution in [2.45, 2.75) is 42.0 Å². The third-order valence-electron chi connectivity index (χ3n) is 7.82. The summed E-state index contributed by atoms with van der Waals surface area (Å²) >= 11 is 3.22. The van der Waals surface area contributed by atoms with E-state index in [1.165, 1.54) is 36.2 Å². The van der Waals surface area contributed by atoms with Crippen LogP contribution < -0.4 is 9.61 Å². The summed E-state index contributed by atoms with van der Waals surface area (Å²) in [6.45, 7) is 2.47. The maximum absolute atomic E-state index is 13.2. The lowest BCUT2D eigenvalue weighted by atomic mass is 9.74. The first-order valence-corrected chi connectivity index (χ1v) is 13.2. The third kappa shape index (κ3) is 3.25. The van der Waals surface area contributed by atoms with E-state index in [0.717, 1.165) is 15.7 Å². The maximum Gasteiger partial charge on any atom is 0.308 e. The lowest BCUT2D eigenvalue weighted by Crippen LogP contribution is -2.43. The van der Waals surface area contributed by atoms with Gasteiger partial charge >= 0.3 is 4.87 Å². The van der Waals surface area contributed by atoms with Gasteiger partial charge in [0.25, 0.3) is 0 Å². The number of thioether (sulfide) groups is 1. The molecule has 2 aliphatic heterocycles. The van der Waals surface area contributed by atoms with Gasteiger partial charge in [0.1, 0.15) is 12.3 Å². The van der Waals surface area contributed by atoms with Gasteiger partial charge in [0, 0.05) is 34.7 Å². The molecule has 2 aromatic rings. The number of nitrogens with zero attached hydrogens (tertiary/aromatic N) is 2. The van der Waals surface area contributed by atoms with Gasteiger partial charge in [-0.05, 0) is 43.1 Å². The molecule has 170 valence electrons. The van der Waals surface area contributed by atoms with Crippen molar-refractivity contribution < 1.29 is 14.3 Å². The first kappa shape index (κ1) is 20.8. The largest absolute Gasteiger partial charge is 0.496 e. The number of benzene rings is 1. The van der Waals surface area contributed by atoms with E-state index in [1.807, 2.05) is 28.8 Å². The number of morpholine rings is 1. The molecule has 1 amide bonds. The number of amides is 1. The summed E-state index contributed by atoms with van der Waals surface area (Å²) in [5.74, 6) is 3.03. The lowest BCUT2D eigenvalue weighted by molar-refractivity contribution is -0.136. The second-order valence-corrected chi connectivity index (χ2v) is 11.5. The molecule has 2 saturated carbocycles. The summed E-state index contributed by atoms with van der Waals surface area (Å²) in [6, 6.07) is 8.28. The van der Waals surface area contributed by atoms with Crippen molar-refractivity contribution in [2.75, 3.05) is 33.4 Å². The van der Waals surface area contributed by atoms with Gasteiger partial charge < -0.3 is 14.4 Å². The Hall–Kier alpha value is -1.77. The summed E-state index contributed by atoms with van der Waals surface area (Å²) in [5, 5.41) is 1.53. The molecule has 32 heavy (non-hydrogen) atoms. The van der Waals surface area contributed by atoms with E-state index in [1.54, 1.807) is 11.7 Å². The highest BCUT2D eigenvalue weighted by molar-refractivity contribution is 8.00. The average Bonchev–Trinajstić information content (AvgIpc) is 3.52. The fourth-order valence-electron chi connectivity index (χ4n) is 6.41. The first-order chi connectivity index (χ1) is 15.7. The van der Waals surface area contributed by atoms with Crippen LogP contribution in [-0.2, 0) is 16.1 Å². The number of para-hydroxylation sites is 1. The third-order valence-corrected chi connectivity index (χ3v) is 10.6. The number of methoxy groups -OCH3 is 1. The Balaban J connectivity index is 1.42. The molecule has 4 aliphatic rings. The van der Waals surface area contributed by atoms with Crippen molar-refractivity contribution in [3.8, 4) is 5.75 Å². The minimum atomic E-state index is -0.0173. The zero-order valence-electron chi connectivity index (χ0n) is 18.2. The quantitative estimate of drug-likeness (QED) is 0.682. The van der Waals surface area contributed by atoms with Gasteiger partial charge in [0.2, 0.25) is 5.91 Å². The van der Waals surface area contributed by atoms with Crippen molar-refractivity contribution in [3.05, 3.63) is 44.4 Å². The minimum Gasteiger partial charge on any atom is -0.496 e. The summed E-state index contributed by atoms with van der Waals surface area (Å²) in [5.41, 5.74) is 1.19. The summed E-state index contributed by atoms with van der Waals surface area (Å²) < 4.78 is 12.9. The van der Waals surface area contributed by atoms with E-state index in [2.05, 4.69) is 12.1 Å². The van der Waals surface area contributed by atoms with E-state index in [9.17, 15) is 9.59 Å². The van der Waals surface area contributed by atoms with Gasteiger partial charge in [0.15, 0.2) is 0 Å². The number of aromatic nitrogens is 1. The van der Waals surface area contributed by atoms with Crippen LogP contribution in [0.3, 0.4) is 0 Å². The van der Waals surface area contributed by atoms with Gasteiger partial charge in [-0.15, -0.1) is 11.8 Å². The van der Waals surface area contributed by atoms with Crippen molar-refractivity contribution >= 4 is 29.0 Å². The standard InChI is InChI=1S/C24H28N2O4S2/c1-29-17-5-3-2-4-16(17)20-19-14-6-7-15(12-14)21(19)31-23-22(20)32-24(28)26(23)13-18(27)25-8-10-30-11-9-25/h2-5,14-15,19-21H,6-13H2,1H3. The SMILES string of the molecule is COc1ccccc1C1c2sc(=O)n(CC(=O)N3CCOCC3)c2SC2C3CCC(C3)C12. The highest BCUT2D eigenvalue weighted by atomic mass is 32.2. The highest BCUT2D eigenvalue weighted by Crippen LogP contribution is 2.64. The molecule has 1 aromatic carbocycles. The molecule has 3 fully saturated rings. The van der Waals surface area contributed by atoms with Crippen molar-refractivity contribution in [1.29, 1.82) is 0 Å². The zero-order chi connectivity index (χ0) is 21.8. The van der Waals surface area contributed by atoms with E-state index >= 15 is 0 Å². The maximum atomic E-state index is 13.2. The number of thiazole rings is 1. The van der Waals surface area contributed by atoms with Crippen LogP contribution >= 0.6 is 23.1 Å². The fourth-order valence-corrected chi connectivity index (χ4v) is 9.55. The normalized spacial score (nSPS) is 30.8. The van der Waals surface area contributed by atoms with Crippen LogP contribution in [0.15, 0.2) is 34.1 Å². The molecule has 6 rings (SSSR count). The van der Waals surface area contributed by atoms with Crippen LogP contribution in [0.4, 0.5) is 0 Å². The number of hydrogen-bond donors (Lipinski definition) is 0. The van der Waals surface area contributed by atoms with Crippen LogP contribution in [0.25, 0.3) is 0 Å². The van der Waals surface area contributed by atoms with Gasteiger partial charge in [-0.2, -0.15) is 0 Å². The van der Waals surface area contributed by atoms with Crippen LogP contribution in [0.1, 0.15) is 35.6 Å². The molecule has 6 nitrogen and oxygen atoms in total. The Kier molecular flexibility index (Phi) is 5.35. The zero-order valence-corrected chi connectivity index (χ0v) is 19.8. The molecule has 5 atom stereocenters. The number of rotatable bonds is 4. The average molecular weight is 473 g/mol. The number of ether oxygens (including phenoxy) is 2. The van der Waals surface area contributed by atoms with Crippen LogP contribution in [0.2, 0.25) is 0 Å². The molecule has 3 heterocycles. The summed E-state index contributed by atoms with van der Waals surface area (Å²) in [6.07, 6.45) is 3.87. The van der Waals surface area contributed by atoms with Gasteiger partial charge in [-0.25, -0.2) is 0 Å². The molecule has 0 radical (unpaired) electrons. The Morgan fingerprint density at radius 2 is 1.97 bits per heavy atom. The highest BCUT2D eigenvalue weighted by Gasteiger charge is 2.55. The van der Waals surface area contributed by atoms with Crippen LogP contribution in [0, 0.1) is 17.8 Å². The summed E-state index contributed by atoms with van der Waals surface area (Å²) in [7, 11) is 1.73. The summed E-state index contributed by atoms with van der Waals surface area (Å²) in [4.78, 5) is 29.1. The number of hydrogen-bond acceptors (Lipinski definition) is 6. The number of fused-ring (bicyclic) bond motifs is 6. The molecule has 8 heteroatoms. The number of carbonyl (C=O) groups is 1. The van der Waals surface area contributed by atoms with E-state index in [-0.39, 0.29) is 23.2 Å². The second kappa shape index (κ2) is 8.22. The Labute approximate surface area is 195 Å². The second-order valence-electron chi connectivity index (χ2n) is 9.33. The topological polar surface area (TPSA) is 60.8 Å². The molecule has 2 bridgehead atoms. The van der Waals surface area contributed by atoms with Crippen LogP contribution in [-0.4, -0.2) is 54.0 Å². The van der Waals surface area contributed by atoms with Crippen LogP contribution in [0.5, 0.6) is 5.75 Å². The number of carbonyl (C=O) groups excluding carboxylic acids is 1. The van der Waals surface area contributed by atoms with Gasteiger partial charge in [-0.3, -0.25) is 14.2 Å². The van der Waals surface area contributed by atoms with E-state index < -0.39 is 0 Å². The Morgan fingerprint density at radius 3 is 2.78 bits per heavy atom. The molecular formula is C24H28N2O4S2. The monoisotopic (exact) mass is 472 g/mol. The molecule has 1 aromatic heterocycles. The van der Waals surface area contributed by atoms with E-state index in [0.29, 0.717) is 49.3 Å². The van der Waals surface area contributed by atoms with Crippen molar-refractivity contribution in [1.82, 2.24) is 9.47 Å². The predicted octanol–water partition coefficient (Wildman–Crippen LogP) is 3.43. The van der Waals surface area contributed by atoms with Gasteiger partial charge in [-0.1, -0.05) is 29.5 Å². The molecule has 5 unspecified atom stereocenters. The molecular weight excluding hydrogens is 444 g/mol. The Bertz CT molecular complexity index is 1090. The smallest absolute Gasteiger partial charge is 0.308 e. The molecule has 0 spiro atoms. The molecule has 1 saturated heterocycles. The molecule has 2 aliphatic carbocycles. The lowest BCUT2D eigenvalue weighted by Gasteiger charge is -2.41. The van der Waals surface area contributed by atoms with E-state index in [4.69, 9.17) is 9.47 Å². The predicted molar refractivity (Wildman–Crippen MR) is 125 cm³/mol. The van der Waals surface area contributed by atoms with Crippen molar-refractivity contribution in [3.63, 3.8) is 0 Å². The fraction of sp³-hybridized carbons (Fsp3) is 0.583. The first-order valence-electron chi connectivity index (χ1n) is 11.5.